The van der Waals surface area contributed by atoms with E-state index in [-0.39, 0.29) is 11.5 Å². The zero-order valence-corrected chi connectivity index (χ0v) is 12.8. The summed E-state index contributed by atoms with van der Waals surface area (Å²) in [6.07, 6.45) is 0. The van der Waals surface area contributed by atoms with Gasteiger partial charge >= 0.3 is 0 Å². The maximum Gasteiger partial charge on any atom is 0.124 e. The van der Waals surface area contributed by atoms with E-state index in [1.54, 1.807) is 18.4 Å². The Kier molecular flexibility index (Phi) is 3.97. The zero-order valence-electron chi connectivity index (χ0n) is 11.9. The van der Waals surface area contributed by atoms with Crippen molar-refractivity contribution >= 4 is 11.3 Å². The quantitative estimate of drug-likeness (QED) is 0.915. The fraction of sp³-hybridized carbons (Fsp3) is 0.375. The van der Waals surface area contributed by atoms with Crippen LogP contribution < -0.4 is 10.5 Å². The molecule has 0 aliphatic rings. The molecule has 1 unspecified atom stereocenters. The fourth-order valence-corrected chi connectivity index (χ4v) is 3.09. The third-order valence-electron chi connectivity index (χ3n) is 3.15. The Balaban J connectivity index is 2.34. The molecular formula is C16H21NOS. The van der Waals surface area contributed by atoms with E-state index in [9.17, 15) is 0 Å². The van der Waals surface area contributed by atoms with E-state index in [1.165, 1.54) is 9.75 Å². The van der Waals surface area contributed by atoms with Crippen LogP contribution in [0.4, 0.5) is 0 Å². The SMILES string of the molecule is COc1ccccc1C(N)c1ccc(C(C)(C)C)s1. The van der Waals surface area contributed by atoms with Crippen LogP contribution in [0.25, 0.3) is 0 Å². The van der Waals surface area contributed by atoms with Gasteiger partial charge in [-0.25, -0.2) is 0 Å². The smallest absolute Gasteiger partial charge is 0.124 e. The van der Waals surface area contributed by atoms with Gasteiger partial charge < -0.3 is 10.5 Å². The lowest BCUT2D eigenvalue weighted by Gasteiger charge is -2.17. The normalized spacial score (nSPS) is 13.3. The first-order valence-electron chi connectivity index (χ1n) is 6.42. The van der Waals surface area contributed by atoms with Gasteiger partial charge in [-0.15, -0.1) is 11.3 Å². The summed E-state index contributed by atoms with van der Waals surface area (Å²) in [5.74, 6) is 0.848. The van der Waals surface area contributed by atoms with Crippen LogP contribution in [0.1, 0.15) is 42.1 Å². The number of methoxy groups -OCH3 is 1. The third-order valence-corrected chi connectivity index (χ3v) is 4.74. The van der Waals surface area contributed by atoms with Crippen molar-refractivity contribution in [3.63, 3.8) is 0 Å². The van der Waals surface area contributed by atoms with E-state index in [1.807, 2.05) is 24.3 Å². The number of rotatable bonds is 3. The third kappa shape index (κ3) is 2.99. The number of ether oxygens (including phenoxy) is 1. The average molecular weight is 275 g/mol. The van der Waals surface area contributed by atoms with Gasteiger partial charge in [0, 0.05) is 15.3 Å². The number of para-hydroxylation sites is 1. The van der Waals surface area contributed by atoms with Crippen molar-refractivity contribution < 1.29 is 4.74 Å². The molecule has 1 heterocycles. The molecule has 0 radical (unpaired) electrons. The van der Waals surface area contributed by atoms with Crippen LogP contribution in [0.15, 0.2) is 36.4 Å². The molecule has 102 valence electrons. The summed E-state index contributed by atoms with van der Waals surface area (Å²) in [5, 5.41) is 0. The first kappa shape index (κ1) is 14.1. The second-order valence-electron chi connectivity index (χ2n) is 5.67. The van der Waals surface area contributed by atoms with E-state index in [0.717, 1.165) is 11.3 Å². The van der Waals surface area contributed by atoms with Crippen LogP contribution >= 0.6 is 11.3 Å². The molecule has 0 fully saturated rings. The van der Waals surface area contributed by atoms with Crippen molar-refractivity contribution in [2.75, 3.05) is 7.11 Å². The van der Waals surface area contributed by atoms with E-state index < -0.39 is 0 Å². The molecule has 0 amide bonds. The lowest BCUT2D eigenvalue weighted by molar-refractivity contribution is 0.408. The highest BCUT2D eigenvalue weighted by Gasteiger charge is 2.20. The van der Waals surface area contributed by atoms with Gasteiger partial charge in [-0.2, -0.15) is 0 Å². The molecule has 0 aliphatic heterocycles. The standard InChI is InChI=1S/C16H21NOS/c1-16(2,3)14-10-9-13(19-14)15(17)11-7-5-6-8-12(11)18-4/h5-10,15H,17H2,1-4H3. The summed E-state index contributed by atoms with van der Waals surface area (Å²) in [7, 11) is 1.68. The second kappa shape index (κ2) is 5.35. The highest BCUT2D eigenvalue weighted by atomic mass is 32.1. The minimum atomic E-state index is -0.128. The molecule has 2 aromatic rings. The summed E-state index contributed by atoms with van der Waals surface area (Å²) in [6.45, 7) is 6.66. The van der Waals surface area contributed by atoms with Crippen LogP contribution in [0.3, 0.4) is 0 Å². The molecule has 1 aromatic carbocycles. The molecule has 3 heteroatoms. The van der Waals surface area contributed by atoms with Gasteiger partial charge in [-0.1, -0.05) is 39.0 Å². The summed E-state index contributed by atoms with van der Waals surface area (Å²) < 4.78 is 5.39. The van der Waals surface area contributed by atoms with Crippen LogP contribution in [0.2, 0.25) is 0 Å². The van der Waals surface area contributed by atoms with Crippen molar-refractivity contribution in [1.29, 1.82) is 0 Å². The van der Waals surface area contributed by atoms with Crippen LogP contribution in [-0.2, 0) is 5.41 Å². The van der Waals surface area contributed by atoms with E-state index in [4.69, 9.17) is 10.5 Å². The molecule has 2 rings (SSSR count). The van der Waals surface area contributed by atoms with Crippen molar-refractivity contribution in [1.82, 2.24) is 0 Å². The average Bonchev–Trinajstić information content (AvgIpc) is 2.87. The molecule has 1 aromatic heterocycles. The predicted octanol–water partition coefficient (Wildman–Crippen LogP) is 4.10. The number of nitrogens with two attached hydrogens (primary N) is 1. The Morgan fingerprint density at radius 3 is 2.37 bits per heavy atom. The lowest BCUT2D eigenvalue weighted by Crippen LogP contribution is -2.11. The highest BCUT2D eigenvalue weighted by molar-refractivity contribution is 7.12. The summed E-state index contributed by atoms with van der Waals surface area (Å²) in [6, 6.07) is 12.1. The van der Waals surface area contributed by atoms with Crippen molar-refractivity contribution in [2.45, 2.75) is 32.2 Å². The van der Waals surface area contributed by atoms with Gasteiger partial charge in [-0.05, 0) is 23.6 Å². The van der Waals surface area contributed by atoms with Crippen LogP contribution in [0, 0.1) is 0 Å². The van der Waals surface area contributed by atoms with Crippen LogP contribution in [0.5, 0.6) is 5.75 Å². The second-order valence-corrected chi connectivity index (χ2v) is 6.79. The first-order valence-corrected chi connectivity index (χ1v) is 7.24. The highest BCUT2D eigenvalue weighted by Crippen LogP contribution is 2.35. The maximum atomic E-state index is 6.38. The molecule has 0 saturated heterocycles. The van der Waals surface area contributed by atoms with E-state index >= 15 is 0 Å². The van der Waals surface area contributed by atoms with Gasteiger partial charge in [0.1, 0.15) is 5.75 Å². The Morgan fingerprint density at radius 1 is 1.11 bits per heavy atom. The minimum absolute atomic E-state index is 0.128. The van der Waals surface area contributed by atoms with Crippen molar-refractivity contribution in [3.8, 4) is 5.75 Å². The van der Waals surface area contributed by atoms with Crippen molar-refractivity contribution in [3.05, 3.63) is 51.7 Å². The molecule has 19 heavy (non-hydrogen) atoms. The molecular weight excluding hydrogens is 254 g/mol. The molecule has 0 saturated carbocycles. The van der Waals surface area contributed by atoms with Gasteiger partial charge in [-0.3, -0.25) is 0 Å². The van der Waals surface area contributed by atoms with Gasteiger partial charge in [0.15, 0.2) is 0 Å². The molecule has 2 nitrogen and oxygen atoms in total. The molecule has 0 spiro atoms. The van der Waals surface area contributed by atoms with E-state index in [0.29, 0.717) is 0 Å². The van der Waals surface area contributed by atoms with Gasteiger partial charge in [0.05, 0.1) is 13.2 Å². The Morgan fingerprint density at radius 2 is 1.79 bits per heavy atom. The van der Waals surface area contributed by atoms with E-state index in [2.05, 4.69) is 32.9 Å². The zero-order chi connectivity index (χ0) is 14.0. The first-order chi connectivity index (χ1) is 8.93. The van der Waals surface area contributed by atoms with Crippen molar-refractivity contribution in [2.24, 2.45) is 5.73 Å². The fourth-order valence-electron chi connectivity index (χ4n) is 2.00. The van der Waals surface area contributed by atoms with Gasteiger partial charge in [0.2, 0.25) is 0 Å². The molecule has 2 N–H and O–H groups in total. The lowest BCUT2D eigenvalue weighted by atomic mass is 9.95. The number of thiophene rings is 1. The number of hydrogen-bond donors (Lipinski definition) is 1. The molecule has 1 atom stereocenters. The van der Waals surface area contributed by atoms with Crippen LogP contribution in [-0.4, -0.2) is 7.11 Å². The Hall–Kier alpha value is -1.32. The largest absolute Gasteiger partial charge is 0.496 e. The maximum absolute atomic E-state index is 6.38. The summed E-state index contributed by atoms with van der Waals surface area (Å²) >= 11 is 1.78. The van der Waals surface area contributed by atoms with Gasteiger partial charge in [0.25, 0.3) is 0 Å². The monoisotopic (exact) mass is 275 g/mol. The molecule has 0 aliphatic carbocycles. The number of hydrogen-bond acceptors (Lipinski definition) is 3. The predicted molar refractivity (Wildman–Crippen MR) is 82.0 cm³/mol. The number of benzene rings is 1. The Labute approximate surface area is 119 Å². The summed E-state index contributed by atoms with van der Waals surface area (Å²) in [5.41, 5.74) is 7.58. The topological polar surface area (TPSA) is 35.2 Å². The Bertz CT molecular complexity index is 554. The summed E-state index contributed by atoms with van der Waals surface area (Å²) in [4.78, 5) is 2.53. The molecule has 0 bridgehead atoms. The minimum Gasteiger partial charge on any atom is -0.496 e.